The van der Waals surface area contributed by atoms with Crippen LogP contribution in [0.15, 0.2) is 23.1 Å². The molecule has 102 valence electrons. The molecule has 9 heteroatoms. The summed E-state index contributed by atoms with van der Waals surface area (Å²) in [6, 6.07) is 2.78. The van der Waals surface area contributed by atoms with Gasteiger partial charge in [-0.25, -0.2) is 21.2 Å². The molecule has 0 radical (unpaired) electrons. The largest absolute Gasteiger partial charge is 0.283 e. The summed E-state index contributed by atoms with van der Waals surface area (Å²) in [6.45, 7) is 2.91. The maximum Gasteiger partial charge on any atom is 0.264 e. The van der Waals surface area contributed by atoms with Gasteiger partial charge in [0.25, 0.3) is 9.05 Å². The standard InChI is InChI=1S/C9H11ClFNO4S2/c1-6(2)18(15,16)12-7-3-4-9(8(11)5-7)17(10,13)14/h3-6,12H,1-2H3. The maximum atomic E-state index is 13.4. The lowest BCUT2D eigenvalue weighted by Gasteiger charge is -2.11. The van der Waals surface area contributed by atoms with Crippen LogP contribution in [0.25, 0.3) is 0 Å². The van der Waals surface area contributed by atoms with Crippen molar-refractivity contribution in [1.29, 1.82) is 0 Å². The van der Waals surface area contributed by atoms with Crippen LogP contribution in [0.2, 0.25) is 0 Å². The molecule has 0 unspecified atom stereocenters. The summed E-state index contributed by atoms with van der Waals surface area (Å²) in [6.07, 6.45) is 0. The van der Waals surface area contributed by atoms with Crippen molar-refractivity contribution in [2.45, 2.75) is 24.0 Å². The van der Waals surface area contributed by atoms with E-state index >= 15 is 0 Å². The number of nitrogens with one attached hydrogen (secondary N) is 1. The second-order valence-electron chi connectivity index (χ2n) is 3.78. The van der Waals surface area contributed by atoms with Gasteiger partial charge in [0.2, 0.25) is 10.0 Å². The minimum absolute atomic E-state index is 0.0646. The van der Waals surface area contributed by atoms with E-state index in [1.807, 2.05) is 0 Å². The van der Waals surface area contributed by atoms with E-state index < -0.39 is 35.0 Å². The third kappa shape index (κ3) is 3.56. The first-order valence-electron chi connectivity index (χ1n) is 4.80. The van der Waals surface area contributed by atoms with Crippen LogP contribution in [0.1, 0.15) is 13.8 Å². The first kappa shape index (κ1) is 15.2. The monoisotopic (exact) mass is 315 g/mol. The molecule has 0 aromatic heterocycles. The van der Waals surface area contributed by atoms with Crippen LogP contribution < -0.4 is 4.72 Å². The summed E-state index contributed by atoms with van der Waals surface area (Å²) in [5, 5.41) is -0.697. The predicted molar refractivity (Wildman–Crippen MR) is 67.1 cm³/mol. The fraction of sp³-hybridized carbons (Fsp3) is 0.333. The number of benzene rings is 1. The molecule has 18 heavy (non-hydrogen) atoms. The van der Waals surface area contributed by atoms with Crippen LogP contribution in [0, 0.1) is 5.82 Å². The summed E-state index contributed by atoms with van der Waals surface area (Å²) < 4.78 is 60.5. The second-order valence-corrected chi connectivity index (χ2v) is 8.55. The average Bonchev–Trinajstić information content (AvgIpc) is 2.14. The molecule has 0 heterocycles. The Hall–Kier alpha value is -0.860. The highest BCUT2D eigenvalue weighted by molar-refractivity contribution is 8.13. The highest BCUT2D eigenvalue weighted by atomic mass is 35.7. The molecular weight excluding hydrogens is 305 g/mol. The first-order chi connectivity index (χ1) is 8.04. The van der Waals surface area contributed by atoms with Gasteiger partial charge in [-0.05, 0) is 32.0 Å². The van der Waals surface area contributed by atoms with Gasteiger partial charge >= 0.3 is 0 Å². The molecular formula is C9H11ClFNO4S2. The Morgan fingerprint density at radius 3 is 2.17 bits per heavy atom. The van der Waals surface area contributed by atoms with E-state index in [-0.39, 0.29) is 5.69 Å². The molecule has 0 aliphatic heterocycles. The minimum atomic E-state index is -4.19. The molecule has 0 aliphatic rings. The number of hydrogen-bond acceptors (Lipinski definition) is 4. The molecule has 0 bridgehead atoms. The summed E-state index contributed by atoms with van der Waals surface area (Å²) in [7, 11) is -2.81. The van der Waals surface area contributed by atoms with Gasteiger partial charge in [-0.3, -0.25) is 4.72 Å². The van der Waals surface area contributed by atoms with E-state index in [0.29, 0.717) is 0 Å². The predicted octanol–water partition coefficient (Wildman–Crippen LogP) is 1.90. The van der Waals surface area contributed by atoms with E-state index in [1.54, 1.807) is 0 Å². The Balaban J connectivity index is 3.15. The Morgan fingerprint density at radius 2 is 1.78 bits per heavy atom. The molecule has 0 aliphatic carbocycles. The molecule has 0 atom stereocenters. The highest BCUT2D eigenvalue weighted by Gasteiger charge is 2.19. The lowest BCUT2D eigenvalue weighted by atomic mass is 10.3. The molecule has 1 aromatic carbocycles. The van der Waals surface area contributed by atoms with Gasteiger partial charge in [0.15, 0.2) is 0 Å². The maximum absolute atomic E-state index is 13.4. The Bertz CT molecular complexity index is 655. The molecule has 0 amide bonds. The number of halogens is 2. The number of hydrogen-bond donors (Lipinski definition) is 1. The quantitative estimate of drug-likeness (QED) is 0.861. The smallest absolute Gasteiger partial charge is 0.264 e. The van der Waals surface area contributed by atoms with Gasteiger partial charge in [0.1, 0.15) is 10.7 Å². The topological polar surface area (TPSA) is 80.3 Å². The van der Waals surface area contributed by atoms with Crippen molar-refractivity contribution >= 4 is 35.4 Å². The molecule has 0 spiro atoms. The lowest BCUT2D eigenvalue weighted by molar-refractivity contribution is 0.576. The Morgan fingerprint density at radius 1 is 1.22 bits per heavy atom. The summed E-state index contributed by atoms with van der Waals surface area (Å²) in [4.78, 5) is -0.698. The van der Waals surface area contributed by atoms with Gasteiger partial charge in [0.05, 0.1) is 10.9 Å². The first-order valence-corrected chi connectivity index (χ1v) is 8.65. The fourth-order valence-corrected chi connectivity index (χ4v) is 2.63. The van der Waals surface area contributed by atoms with Crippen molar-refractivity contribution in [3.63, 3.8) is 0 Å². The zero-order valence-corrected chi connectivity index (χ0v) is 11.9. The molecule has 5 nitrogen and oxygen atoms in total. The van der Waals surface area contributed by atoms with Crippen molar-refractivity contribution < 1.29 is 21.2 Å². The van der Waals surface area contributed by atoms with Crippen LogP contribution in [-0.2, 0) is 19.1 Å². The Labute approximate surface area is 109 Å². The third-order valence-electron chi connectivity index (χ3n) is 2.08. The van der Waals surface area contributed by atoms with Crippen LogP contribution in [0.4, 0.5) is 10.1 Å². The molecule has 1 N–H and O–H groups in total. The third-order valence-corrected chi connectivity index (χ3v) is 5.19. The van der Waals surface area contributed by atoms with Gasteiger partial charge in [-0.2, -0.15) is 0 Å². The van der Waals surface area contributed by atoms with Crippen molar-refractivity contribution in [1.82, 2.24) is 0 Å². The Kier molecular flexibility index (Phi) is 4.24. The number of sulfonamides is 1. The molecule has 1 rings (SSSR count). The van der Waals surface area contributed by atoms with E-state index in [2.05, 4.69) is 4.72 Å². The minimum Gasteiger partial charge on any atom is -0.283 e. The van der Waals surface area contributed by atoms with Gasteiger partial charge in [-0.15, -0.1) is 0 Å². The van der Waals surface area contributed by atoms with Crippen LogP contribution in [-0.4, -0.2) is 22.1 Å². The van der Waals surface area contributed by atoms with Crippen LogP contribution in [0.3, 0.4) is 0 Å². The molecule has 0 fully saturated rings. The average molecular weight is 316 g/mol. The van der Waals surface area contributed by atoms with E-state index in [0.717, 1.165) is 18.2 Å². The van der Waals surface area contributed by atoms with Crippen molar-refractivity contribution in [2.75, 3.05) is 4.72 Å². The summed E-state index contributed by atoms with van der Waals surface area (Å²) in [5.41, 5.74) is -0.0646. The van der Waals surface area contributed by atoms with Gasteiger partial charge in [0, 0.05) is 10.7 Å². The van der Waals surface area contributed by atoms with Crippen molar-refractivity contribution in [3.8, 4) is 0 Å². The van der Waals surface area contributed by atoms with Crippen molar-refractivity contribution in [2.24, 2.45) is 0 Å². The number of anilines is 1. The highest BCUT2D eigenvalue weighted by Crippen LogP contribution is 2.23. The molecule has 0 saturated carbocycles. The number of rotatable bonds is 4. The second kappa shape index (κ2) is 5.02. The SMILES string of the molecule is CC(C)S(=O)(=O)Nc1ccc(S(=O)(=O)Cl)c(F)c1. The van der Waals surface area contributed by atoms with Crippen LogP contribution in [0.5, 0.6) is 0 Å². The van der Waals surface area contributed by atoms with Crippen molar-refractivity contribution in [3.05, 3.63) is 24.0 Å². The van der Waals surface area contributed by atoms with E-state index in [9.17, 15) is 21.2 Å². The van der Waals surface area contributed by atoms with E-state index in [1.165, 1.54) is 13.8 Å². The van der Waals surface area contributed by atoms with Gasteiger partial charge < -0.3 is 0 Å². The van der Waals surface area contributed by atoms with E-state index in [4.69, 9.17) is 10.7 Å². The lowest BCUT2D eigenvalue weighted by Crippen LogP contribution is -2.22. The summed E-state index contributed by atoms with van der Waals surface area (Å²) >= 11 is 0. The molecule has 0 saturated heterocycles. The zero-order chi connectivity index (χ0) is 14.1. The molecule has 1 aromatic rings. The van der Waals surface area contributed by atoms with Gasteiger partial charge in [-0.1, -0.05) is 0 Å². The fourth-order valence-electron chi connectivity index (χ4n) is 1.04. The van der Waals surface area contributed by atoms with Crippen LogP contribution >= 0.6 is 10.7 Å². The normalized spacial score (nSPS) is 12.7. The summed E-state index contributed by atoms with van der Waals surface area (Å²) in [5.74, 6) is -1.12. The zero-order valence-electron chi connectivity index (χ0n) is 9.51.